The number of amides is 2. The Hall–Kier alpha value is -2.34. The predicted molar refractivity (Wildman–Crippen MR) is 77.9 cm³/mol. The summed E-state index contributed by atoms with van der Waals surface area (Å²) in [5.74, 6) is -0.779. The van der Waals surface area contributed by atoms with Crippen molar-refractivity contribution < 1.29 is 14.0 Å². The highest BCUT2D eigenvalue weighted by Crippen LogP contribution is 2.18. The van der Waals surface area contributed by atoms with Gasteiger partial charge in [-0.25, -0.2) is 0 Å². The number of fused-ring (bicyclic) bond motifs is 1. The molecule has 0 atom stereocenters. The zero-order valence-electron chi connectivity index (χ0n) is 11.4. The molecular weight excluding hydrogens is 296 g/mol. The van der Waals surface area contributed by atoms with E-state index in [9.17, 15) is 14.4 Å². The van der Waals surface area contributed by atoms with Gasteiger partial charge in [-0.1, -0.05) is 11.6 Å². The van der Waals surface area contributed by atoms with Crippen LogP contribution in [0.15, 0.2) is 33.7 Å². The zero-order chi connectivity index (χ0) is 15.6. The lowest BCUT2D eigenvalue weighted by Gasteiger charge is -2.18. The molecule has 0 aliphatic carbocycles. The van der Waals surface area contributed by atoms with E-state index in [1.165, 1.54) is 26.2 Å². The molecule has 2 aromatic rings. The molecule has 110 valence electrons. The van der Waals surface area contributed by atoms with Gasteiger partial charge in [0.15, 0.2) is 5.43 Å². The minimum Gasteiger partial charge on any atom is -0.464 e. The average Bonchev–Trinajstić information content (AvgIpc) is 2.38. The number of rotatable bonds is 3. The van der Waals surface area contributed by atoms with Crippen LogP contribution in [0.2, 0.25) is 5.02 Å². The van der Waals surface area contributed by atoms with E-state index in [1.807, 2.05) is 0 Å². The maximum atomic E-state index is 12.5. The number of hydrogen-bond acceptors (Lipinski definition) is 4. The molecule has 1 heterocycles. The van der Waals surface area contributed by atoms with Crippen molar-refractivity contribution in [3.05, 3.63) is 45.3 Å². The summed E-state index contributed by atoms with van der Waals surface area (Å²) < 4.78 is 5.36. The number of halogens is 1. The summed E-state index contributed by atoms with van der Waals surface area (Å²) in [6, 6.07) is 4.66. The van der Waals surface area contributed by atoms with Crippen molar-refractivity contribution >= 4 is 34.4 Å². The van der Waals surface area contributed by atoms with E-state index in [-0.39, 0.29) is 28.2 Å². The second kappa shape index (κ2) is 5.97. The van der Waals surface area contributed by atoms with E-state index in [2.05, 4.69) is 10.6 Å². The lowest BCUT2D eigenvalue weighted by Crippen LogP contribution is -2.41. The van der Waals surface area contributed by atoms with Gasteiger partial charge in [0.05, 0.1) is 10.9 Å². The Kier molecular flexibility index (Phi) is 4.28. The van der Waals surface area contributed by atoms with Crippen molar-refractivity contribution in [3.63, 3.8) is 0 Å². The van der Waals surface area contributed by atoms with Crippen LogP contribution in [-0.4, -0.2) is 11.8 Å². The Bertz CT molecular complexity index is 753. The minimum absolute atomic E-state index is 0.121. The lowest BCUT2D eigenvalue weighted by atomic mass is 10.1. The topological polar surface area (TPSA) is 88.4 Å². The molecule has 7 heteroatoms. The van der Waals surface area contributed by atoms with E-state index < -0.39 is 6.17 Å². The summed E-state index contributed by atoms with van der Waals surface area (Å²) in [7, 11) is 0. The maximum Gasteiger partial charge on any atom is 0.218 e. The average molecular weight is 309 g/mol. The van der Waals surface area contributed by atoms with Crippen molar-refractivity contribution in [3.8, 4) is 0 Å². The molecule has 0 aliphatic heterocycles. The van der Waals surface area contributed by atoms with E-state index in [1.54, 1.807) is 12.1 Å². The molecule has 0 saturated heterocycles. The molecule has 0 bridgehead atoms. The zero-order valence-corrected chi connectivity index (χ0v) is 12.2. The normalized spacial score (nSPS) is 10.7. The van der Waals surface area contributed by atoms with Gasteiger partial charge in [0.1, 0.15) is 18.0 Å². The Labute approximate surface area is 125 Å². The number of hydrogen-bond donors (Lipinski definition) is 2. The van der Waals surface area contributed by atoms with Crippen LogP contribution in [0.25, 0.3) is 11.0 Å². The van der Waals surface area contributed by atoms with Gasteiger partial charge in [0.25, 0.3) is 0 Å². The Morgan fingerprint density at radius 3 is 2.38 bits per heavy atom. The molecule has 2 rings (SSSR count). The molecule has 1 aromatic heterocycles. The Morgan fingerprint density at radius 1 is 1.19 bits per heavy atom. The first kappa shape index (κ1) is 15.1. The maximum absolute atomic E-state index is 12.5. The standard InChI is InChI=1S/C14H13ClN2O4/c1-7(18)16-14(17-8(2)19)11-6-21-12-4-3-9(15)5-10(12)13(11)20/h3-6,14H,1-2H3,(H,16,18)(H,17,19). The first-order valence-corrected chi connectivity index (χ1v) is 6.51. The third kappa shape index (κ3) is 3.41. The van der Waals surface area contributed by atoms with E-state index in [4.69, 9.17) is 16.0 Å². The SMILES string of the molecule is CC(=O)NC(NC(C)=O)c1coc2ccc(Cl)cc2c1=O. The molecule has 2 N–H and O–H groups in total. The fraction of sp³-hybridized carbons (Fsp3) is 0.214. The molecule has 2 amide bonds. The first-order chi connectivity index (χ1) is 9.88. The molecule has 0 saturated carbocycles. The Balaban J connectivity index is 2.57. The van der Waals surface area contributed by atoms with E-state index in [0.717, 1.165) is 0 Å². The van der Waals surface area contributed by atoms with Crippen LogP contribution in [0.3, 0.4) is 0 Å². The van der Waals surface area contributed by atoms with Gasteiger partial charge in [0, 0.05) is 18.9 Å². The van der Waals surface area contributed by atoms with Gasteiger partial charge in [-0.3, -0.25) is 14.4 Å². The third-order valence-corrected chi connectivity index (χ3v) is 3.00. The molecule has 0 unspecified atom stereocenters. The van der Waals surface area contributed by atoms with Gasteiger partial charge in [-0.15, -0.1) is 0 Å². The number of benzene rings is 1. The van der Waals surface area contributed by atoms with Crippen LogP contribution in [-0.2, 0) is 9.59 Å². The summed E-state index contributed by atoms with van der Waals surface area (Å²) >= 11 is 5.87. The fourth-order valence-corrected chi connectivity index (χ4v) is 2.09. The lowest BCUT2D eigenvalue weighted by molar-refractivity contribution is -0.122. The second-order valence-electron chi connectivity index (χ2n) is 4.49. The second-order valence-corrected chi connectivity index (χ2v) is 4.93. The van der Waals surface area contributed by atoms with Crippen LogP contribution in [0.5, 0.6) is 0 Å². The molecule has 1 aromatic carbocycles. The van der Waals surface area contributed by atoms with Gasteiger partial charge in [-0.2, -0.15) is 0 Å². The third-order valence-electron chi connectivity index (χ3n) is 2.77. The molecule has 6 nitrogen and oxygen atoms in total. The van der Waals surface area contributed by atoms with Gasteiger partial charge >= 0.3 is 0 Å². The summed E-state index contributed by atoms with van der Waals surface area (Å²) in [6.45, 7) is 2.57. The van der Waals surface area contributed by atoms with Gasteiger partial charge in [-0.05, 0) is 18.2 Å². The summed E-state index contributed by atoms with van der Waals surface area (Å²) in [5.41, 5.74) is 0.124. The monoisotopic (exact) mass is 308 g/mol. The van der Waals surface area contributed by atoms with Crippen LogP contribution >= 0.6 is 11.6 Å². The largest absolute Gasteiger partial charge is 0.464 e. The molecule has 21 heavy (non-hydrogen) atoms. The first-order valence-electron chi connectivity index (χ1n) is 6.13. The van der Waals surface area contributed by atoms with Crippen LogP contribution < -0.4 is 16.1 Å². The van der Waals surface area contributed by atoms with Crippen molar-refractivity contribution in [2.24, 2.45) is 0 Å². The minimum atomic E-state index is -0.959. The summed E-state index contributed by atoms with van der Waals surface area (Å²) in [5, 5.41) is 5.64. The highest BCUT2D eigenvalue weighted by atomic mass is 35.5. The number of carbonyl (C=O) groups excluding carboxylic acids is 2. The molecular formula is C14H13ClN2O4. The van der Waals surface area contributed by atoms with Gasteiger partial charge in [0.2, 0.25) is 11.8 Å². The number of carbonyl (C=O) groups is 2. The molecule has 0 fully saturated rings. The smallest absolute Gasteiger partial charge is 0.218 e. The predicted octanol–water partition coefficient (Wildman–Crippen LogP) is 1.72. The molecule has 0 spiro atoms. The quantitative estimate of drug-likeness (QED) is 0.845. The highest BCUT2D eigenvalue weighted by molar-refractivity contribution is 6.31. The van der Waals surface area contributed by atoms with Crippen LogP contribution in [0, 0.1) is 0 Å². The van der Waals surface area contributed by atoms with E-state index >= 15 is 0 Å². The highest BCUT2D eigenvalue weighted by Gasteiger charge is 2.19. The van der Waals surface area contributed by atoms with Crippen molar-refractivity contribution in [2.45, 2.75) is 20.0 Å². The molecule has 0 aliphatic rings. The van der Waals surface area contributed by atoms with Crippen molar-refractivity contribution in [2.75, 3.05) is 0 Å². The fourth-order valence-electron chi connectivity index (χ4n) is 1.92. The van der Waals surface area contributed by atoms with Crippen LogP contribution in [0.4, 0.5) is 0 Å². The molecule has 0 radical (unpaired) electrons. The Morgan fingerprint density at radius 2 is 1.81 bits per heavy atom. The van der Waals surface area contributed by atoms with E-state index in [0.29, 0.717) is 10.6 Å². The van der Waals surface area contributed by atoms with Crippen molar-refractivity contribution in [1.82, 2.24) is 10.6 Å². The van der Waals surface area contributed by atoms with Crippen LogP contribution in [0.1, 0.15) is 25.6 Å². The van der Waals surface area contributed by atoms with Crippen molar-refractivity contribution in [1.29, 1.82) is 0 Å². The number of nitrogens with one attached hydrogen (secondary N) is 2. The van der Waals surface area contributed by atoms with Gasteiger partial charge < -0.3 is 15.1 Å². The summed E-state index contributed by atoms with van der Waals surface area (Å²) in [6.07, 6.45) is 0.259. The summed E-state index contributed by atoms with van der Waals surface area (Å²) in [4.78, 5) is 34.9.